The Hall–Kier alpha value is -0.160. The third kappa shape index (κ3) is 15.8. The van der Waals surface area contributed by atoms with Gasteiger partial charge >= 0.3 is 0 Å². The highest BCUT2D eigenvalue weighted by Gasteiger charge is 1.98. The Balaban J connectivity index is 2.97. The molecule has 0 rings (SSSR count). The van der Waals surface area contributed by atoms with Gasteiger partial charge in [-0.2, -0.15) is 0 Å². The molecule has 0 amide bonds. The molecule has 0 aromatic rings. The third-order valence-electron chi connectivity index (χ3n) is 2.53. The Morgan fingerprint density at radius 2 is 1.37 bits per heavy atom. The highest BCUT2D eigenvalue weighted by Crippen LogP contribution is 1.98. The number of ether oxygens (including phenoxy) is 3. The molecule has 5 heteroatoms. The SMILES string of the molecule is CCCCOCCOCCOCCCCC(=O)CCl. The quantitative estimate of drug-likeness (QED) is 0.344. The van der Waals surface area contributed by atoms with E-state index in [9.17, 15) is 4.79 Å². The molecule has 0 aliphatic carbocycles. The smallest absolute Gasteiger partial charge is 0.147 e. The monoisotopic (exact) mass is 294 g/mol. The van der Waals surface area contributed by atoms with E-state index in [1.165, 1.54) is 0 Å². The van der Waals surface area contributed by atoms with Crippen LogP contribution in [0.3, 0.4) is 0 Å². The Bertz CT molecular complexity index is 200. The summed E-state index contributed by atoms with van der Waals surface area (Å²) in [6.45, 7) is 6.10. The molecular formula is C14H27ClO4. The van der Waals surface area contributed by atoms with Gasteiger partial charge in [0.25, 0.3) is 0 Å². The van der Waals surface area contributed by atoms with Crippen LogP contribution < -0.4 is 0 Å². The lowest BCUT2D eigenvalue weighted by atomic mass is 10.2. The van der Waals surface area contributed by atoms with Crippen molar-refractivity contribution in [1.29, 1.82) is 0 Å². The van der Waals surface area contributed by atoms with Gasteiger partial charge in [0.15, 0.2) is 0 Å². The second-order valence-electron chi connectivity index (χ2n) is 4.32. The van der Waals surface area contributed by atoms with Gasteiger partial charge in [-0.15, -0.1) is 11.6 Å². The summed E-state index contributed by atoms with van der Waals surface area (Å²) in [6.07, 6.45) is 4.55. The molecule has 0 radical (unpaired) electrons. The zero-order valence-electron chi connectivity index (χ0n) is 12.0. The van der Waals surface area contributed by atoms with E-state index in [1.807, 2.05) is 0 Å². The van der Waals surface area contributed by atoms with Crippen LogP contribution in [0.4, 0.5) is 0 Å². The number of hydrogen-bond acceptors (Lipinski definition) is 4. The first-order valence-electron chi connectivity index (χ1n) is 7.12. The summed E-state index contributed by atoms with van der Waals surface area (Å²) < 4.78 is 16.1. The number of unbranched alkanes of at least 4 members (excludes halogenated alkanes) is 2. The molecule has 0 heterocycles. The van der Waals surface area contributed by atoms with E-state index in [-0.39, 0.29) is 11.7 Å². The molecular weight excluding hydrogens is 268 g/mol. The van der Waals surface area contributed by atoms with Crippen LogP contribution in [-0.2, 0) is 19.0 Å². The summed E-state index contributed by atoms with van der Waals surface area (Å²) in [5.41, 5.74) is 0. The Labute approximate surface area is 121 Å². The molecule has 0 spiro atoms. The number of alkyl halides is 1. The van der Waals surface area contributed by atoms with Gasteiger partial charge in [0, 0.05) is 19.6 Å². The molecule has 0 saturated heterocycles. The Kier molecular flexibility index (Phi) is 15.8. The van der Waals surface area contributed by atoms with Gasteiger partial charge in [0.2, 0.25) is 0 Å². The van der Waals surface area contributed by atoms with E-state index in [0.717, 1.165) is 32.3 Å². The van der Waals surface area contributed by atoms with Crippen LogP contribution in [0.15, 0.2) is 0 Å². The lowest BCUT2D eigenvalue weighted by Crippen LogP contribution is -2.10. The van der Waals surface area contributed by atoms with Gasteiger partial charge in [-0.3, -0.25) is 4.79 Å². The summed E-state index contributed by atoms with van der Waals surface area (Å²) in [4.78, 5) is 10.9. The first-order valence-corrected chi connectivity index (χ1v) is 7.65. The minimum Gasteiger partial charge on any atom is -0.379 e. The van der Waals surface area contributed by atoms with E-state index in [2.05, 4.69) is 6.92 Å². The average molecular weight is 295 g/mol. The van der Waals surface area contributed by atoms with Gasteiger partial charge in [-0.05, 0) is 19.3 Å². The van der Waals surface area contributed by atoms with Crippen molar-refractivity contribution in [2.24, 2.45) is 0 Å². The van der Waals surface area contributed by atoms with Gasteiger partial charge in [-0.25, -0.2) is 0 Å². The molecule has 0 fully saturated rings. The minimum atomic E-state index is 0.105. The number of carbonyl (C=O) groups is 1. The van der Waals surface area contributed by atoms with Crippen molar-refractivity contribution in [3.63, 3.8) is 0 Å². The van der Waals surface area contributed by atoms with Crippen LogP contribution >= 0.6 is 11.6 Å². The number of carbonyl (C=O) groups excluding carboxylic acids is 1. The maximum absolute atomic E-state index is 10.9. The molecule has 0 bridgehead atoms. The fourth-order valence-electron chi connectivity index (χ4n) is 1.38. The van der Waals surface area contributed by atoms with Crippen LogP contribution in [0.5, 0.6) is 0 Å². The maximum Gasteiger partial charge on any atom is 0.147 e. The van der Waals surface area contributed by atoms with E-state index in [4.69, 9.17) is 25.8 Å². The molecule has 0 aromatic carbocycles. The largest absolute Gasteiger partial charge is 0.379 e. The molecule has 0 aromatic heterocycles. The molecule has 0 saturated carbocycles. The number of hydrogen-bond donors (Lipinski definition) is 0. The standard InChI is InChI=1S/C14H27ClO4/c1-2-3-7-17-9-11-19-12-10-18-8-5-4-6-14(16)13-15/h2-13H2,1H3. The lowest BCUT2D eigenvalue weighted by molar-refractivity contribution is -0.116. The fraction of sp³-hybridized carbons (Fsp3) is 0.929. The molecule has 0 aliphatic rings. The first-order chi connectivity index (χ1) is 9.31. The predicted molar refractivity (Wildman–Crippen MR) is 76.9 cm³/mol. The minimum absolute atomic E-state index is 0.105. The second kappa shape index (κ2) is 15.9. The second-order valence-corrected chi connectivity index (χ2v) is 4.59. The van der Waals surface area contributed by atoms with Gasteiger partial charge in [0.05, 0.1) is 32.3 Å². The zero-order chi connectivity index (χ0) is 14.2. The average Bonchev–Trinajstić information content (AvgIpc) is 2.43. The van der Waals surface area contributed by atoms with Crippen LogP contribution in [0.1, 0.15) is 39.0 Å². The summed E-state index contributed by atoms with van der Waals surface area (Å²) in [5.74, 6) is 0.225. The predicted octanol–water partition coefficient (Wildman–Crippen LogP) is 2.81. The molecule has 4 nitrogen and oxygen atoms in total. The van der Waals surface area contributed by atoms with Crippen molar-refractivity contribution in [1.82, 2.24) is 0 Å². The van der Waals surface area contributed by atoms with Gasteiger partial charge < -0.3 is 14.2 Å². The lowest BCUT2D eigenvalue weighted by Gasteiger charge is -2.06. The highest BCUT2D eigenvalue weighted by molar-refractivity contribution is 6.27. The van der Waals surface area contributed by atoms with Crippen molar-refractivity contribution in [3.05, 3.63) is 0 Å². The van der Waals surface area contributed by atoms with Crippen molar-refractivity contribution in [3.8, 4) is 0 Å². The fourth-order valence-corrected chi connectivity index (χ4v) is 1.52. The Morgan fingerprint density at radius 3 is 1.89 bits per heavy atom. The molecule has 19 heavy (non-hydrogen) atoms. The van der Waals surface area contributed by atoms with E-state index in [0.29, 0.717) is 39.5 Å². The van der Waals surface area contributed by atoms with Crippen LogP contribution in [0, 0.1) is 0 Å². The molecule has 0 atom stereocenters. The van der Waals surface area contributed by atoms with E-state index >= 15 is 0 Å². The van der Waals surface area contributed by atoms with Crippen LogP contribution in [0.25, 0.3) is 0 Å². The van der Waals surface area contributed by atoms with E-state index in [1.54, 1.807) is 0 Å². The molecule has 0 unspecified atom stereocenters. The van der Waals surface area contributed by atoms with Crippen molar-refractivity contribution in [2.75, 3.05) is 45.5 Å². The first kappa shape index (κ1) is 18.8. The summed E-state index contributed by atoms with van der Waals surface area (Å²) >= 11 is 5.40. The Morgan fingerprint density at radius 1 is 0.842 bits per heavy atom. The van der Waals surface area contributed by atoms with Crippen molar-refractivity contribution in [2.45, 2.75) is 39.0 Å². The topological polar surface area (TPSA) is 44.8 Å². The highest BCUT2D eigenvalue weighted by atomic mass is 35.5. The number of Topliss-reactive ketones (excluding diaryl/α,β-unsaturated/α-hetero) is 1. The third-order valence-corrected chi connectivity index (χ3v) is 2.83. The zero-order valence-corrected chi connectivity index (χ0v) is 12.8. The van der Waals surface area contributed by atoms with Crippen LogP contribution in [0.2, 0.25) is 0 Å². The van der Waals surface area contributed by atoms with Crippen molar-refractivity contribution >= 4 is 17.4 Å². The van der Waals surface area contributed by atoms with Crippen molar-refractivity contribution < 1.29 is 19.0 Å². The van der Waals surface area contributed by atoms with Crippen LogP contribution in [-0.4, -0.2) is 51.3 Å². The number of ketones is 1. The molecule has 0 N–H and O–H groups in total. The summed E-state index contributed by atoms with van der Waals surface area (Å²) in [6, 6.07) is 0. The number of rotatable bonds is 15. The maximum atomic E-state index is 10.9. The summed E-state index contributed by atoms with van der Waals surface area (Å²) in [5, 5.41) is 0. The normalized spacial score (nSPS) is 10.8. The van der Waals surface area contributed by atoms with E-state index < -0.39 is 0 Å². The number of halogens is 1. The van der Waals surface area contributed by atoms with Gasteiger partial charge in [0.1, 0.15) is 5.78 Å². The summed E-state index contributed by atoms with van der Waals surface area (Å²) in [7, 11) is 0. The van der Waals surface area contributed by atoms with Gasteiger partial charge in [-0.1, -0.05) is 13.3 Å². The molecule has 0 aliphatic heterocycles. The molecule has 114 valence electrons.